The van der Waals surface area contributed by atoms with Crippen molar-refractivity contribution in [1.29, 1.82) is 0 Å². The Hall–Kier alpha value is -2.97. The van der Waals surface area contributed by atoms with Crippen molar-refractivity contribution in [3.05, 3.63) is 58.5 Å². The molecule has 1 aromatic carbocycles. The summed E-state index contributed by atoms with van der Waals surface area (Å²) < 4.78 is 47.9. The molecule has 0 spiro atoms. The van der Waals surface area contributed by atoms with Gasteiger partial charge in [-0.3, -0.25) is 4.99 Å². The Kier molecular flexibility index (Phi) is 7.08. The van der Waals surface area contributed by atoms with Crippen LogP contribution in [0.2, 0.25) is 0 Å². The van der Waals surface area contributed by atoms with Gasteiger partial charge in [0.2, 0.25) is 0 Å². The molecule has 1 heterocycles. The Labute approximate surface area is 160 Å². The van der Waals surface area contributed by atoms with Gasteiger partial charge in [0.05, 0.1) is 19.2 Å². The number of carbonyl (C=O) groups excluding carboxylic acids is 1. The SMILES string of the molecule is CN=C(NCCc1ccc(C(F)(F)F)cc1)NCc1cc(C(=O)OC)c(C)o1. The number of ether oxygens (including phenoxy) is 1. The van der Waals surface area contributed by atoms with Crippen LogP contribution in [-0.4, -0.2) is 32.6 Å². The predicted octanol–water partition coefficient (Wildman–Crippen LogP) is 3.30. The Morgan fingerprint density at radius 1 is 1.21 bits per heavy atom. The van der Waals surface area contributed by atoms with Crippen LogP contribution >= 0.6 is 0 Å². The number of furan rings is 1. The second-order valence-electron chi connectivity index (χ2n) is 5.97. The van der Waals surface area contributed by atoms with Crippen LogP contribution in [-0.2, 0) is 23.9 Å². The highest BCUT2D eigenvalue weighted by atomic mass is 19.4. The monoisotopic (exact) mass is 397 g/mol. The molecule has 28 heavy (non-hydrogen) atoms. The van der Waals surface area contributed by atoms with Crippen LogP contribution in [0, 0.1) is 6.92 Å². The molecule has 0 radical (unpaired) electrons. The summed E-state index contributed by atoms with van der Waals surface area (Å²) >= 11 is 0. The molecule has 0 bridgehead atoms. The van der Waals surface area contributed by atoms with Gasteiger partial charge in [-0.25, -0.2) is 4.79 Å². The van der Waals surface area contributed by atoms with Crippen molar-refractivity contribution in [3.63, 3.8) is 0 Å². The summed E-state index contributed by atoms with van der Waals surface area (Å²) in [4.78, 5) is 15.7. The highest BCUT2D eigenvalue weighted by Gasteiger charge is 2.29. The van der Waals surface area contributed by atoms with Crippen molar-refractivity contribution in [2.75, 3.05) is 20.7 Å². The Morgan fingerprint density at radius 3 is 2.46 bits per heavy atom. The summed E-state index contributed by atoms with van der Waals surface area (Å²) in [5.41, 5.74) is 0.478. The number of aryl methyl sites for hydroxylation is 1. The highest BCUT2D eigenvalue weighted by Crippen LogP contribution is 2.29. The molecule has 0 amide bonds. The number of nitrogens with zero attached hydrogens (tertiary/aromatic N) is 1. The molecule has 0 atom stereocenters. The largest absolute Gasteiger partial charge is 0.465 e. The molecule has 2 N–H and O–H groups in total. The summed E-state index contributed by atoms with van der Waals surface area (Å²) in [5.74, 6) is 1.05. The van der Waals surface area contributed by atoms with Gasteiger partial charge in [0.25, 0.3) is 0 Å². The van der Waals surface area contributed by atoms with Gasteiger partial charge in [-0.2, -0.15) is 13.2 Å². The maximum Gasteiger partial charge on any atom is 0.416 e. The van der Waals surface area contributed by atoms with Crippen molar-refractivity contribution < 1.29 is 27.1 Å². The smallest absolute Gasteiger partial charge is 0.416 e. The fourth-order valence-corrected chi connectivity index (χ4v) is 2.52. The van der Waals surface area contributed by atoms with E-state index in [4.69, 9.17) is 4.42 Å². The van der Waals surface area contributed by atoms with Crippen molar-refractivity contribution in [1.82, 2.24) is 10.6 Å². The third-order valence-electron chi connectivity index (χ3n) is 4.02. The molecule has 2 aromatic rings. The summed E-state index contributed by atoms with van der Waals surface area (Å²) in [6.45, 7) is 2.46. The molecule has 9 heteroatoms. The van der Waals surface area contributed by atoms with Crippen molar-refractivity contribution >= 4 is 11.9 Å². The van der Waals surface area contributed by atoms with E-state index < -0.39 is 17.7 Å². The lowest BCUT2D eigenvalue weighted by molar-refractivity contribution is -0.137. The standard InChI is InChI=1S/C19H22F3N3O3/c1-12-16(17(26)27-3)10-15(28-12)11-25-18(23-2)24-9-8-13-4-6-14(7-5-13)19(20,21)22/h4-7,10H,8-9,11H2,1-3H3,(H2,23,24,25). The zero-order valence-electron chi connectivity index (χ0n) is 15.8. The number of hydrogen-bond donors (Lipinski definition) is 2. The minimum Gasteiger partial charge on any atom is -0.465 e. The van der Waals surface area contributed by atoms with Gasteiger partial charge >= 0.3 is 12.1 Å². The van der Waals surface area contributed by atoms with E-state index in [-0.39, 0.29) is 0 Å². The summed E-state index contributed by atoms with van der Waals surface area (Å²) in [7, 11) is 2.90. The summed E-state index contributed by atoms with van der Waals surface area (Å²) in [6, 6.07) is 6.66. The van der Waals surface area contributed by atoms with Crippen LogP contribution in [0.5, 0.6) is 0 Å². The van der Waals surface area contributed by atoms with E-state index in [1.54, 1.807) is 20.0 Å². The Balaban J connectivity index is 1.83. The average Bonchev–Trinajstić information content (AvgIpc) is 3.04. The third-order valence-corrected chi connectivity index (χ3v) is 4.02. The van der Waals surface area contributed by atoms with Gasteiger partial charge in [0.1, 0.15) is 17.1 Å². The molecule has 0 unspecified atom stereocenters. The first-order valence-electron chi connectivity index (χ1n) is 8.53. The van der Waals surface area contributed by atoms with Crippen LogP contribution < -0.4 is 10.6 Å². The van der Waals surface area contributed by atoms with Crippen molar-refractivity contribution in [2.24, 2.45) is 4.99 Å². The van der Waals surface area contributed by atoms with Gasteiger partial charge in [-0.1, -0.05) is 12.1 Å². The number of nitrogens with one attached hydrogen (secondary N) is 2. The fraction of sp³-hybridized carbons (Fsp3) is 0.368. The van der Waals surface area contributed by atoms with Gasteiger partial charge in [0, 0.05) is 13.6 Å². The van der Waals surface area contributed by atoms with Crippen LogP contribution in [0.25, 0.3) is 0 Å². The van der Waals surface area contributed by atoms with Crippen molar-refractivity contribution in [3.8, 4) is 0 Å². The molecule has 0 saturated carbocycles. The number of hydrogen-bond acceptors (Lipinski definition) is 4. The number of alkyl halides is 3. The number of benzene rings is 1. The van der Waals surface area contributed by atoms with Gasteiger partial charge in [0.15, 0.2) is 5.96 Å². The molecular formula is C19H22F3N3O3. The second-order valence-corrected chi connectivity index (χ2v) is 5.97. The van der Waals surface area contributed by atoms with Gasteiger partial charge < -0.3 is 19.8 Å². The fourth-order valence-electron chi connectivity index (χ4n) is 2.52. The van der Waals surface area contributed by atoms with E-state index in [2.05, 4.69) is 20.4 Å². The lowest BCUT2D eigenvalue weighted by Gasteiger charge is -2.11. The maximum absolute atomic E-state index is 12.6. The summed E-state index contributed by atoms with van der Waals surface area (Å²) in [6.07, 6.45) is -3.80. The number of esters is 1. The van der Waals surface area contributed by atoms with Gasteiger partial charge in [-0.05, 0) is 37.1 Å². The number of aliphatic imine (C=N–C) groups is 1. The second kappa shape index (κ2) is 9.29. The van der Waals surface area contributed by atoms with Crippen LogP contribution in [0.4, 0.5) is 13.2 Å². The van der Waals surface area contributed by atoms with E-state index in [9.17, 15) is 18.0 Å². The number of methoxy groups -OCH3 is 1. The number of guanidine groups is 1. The molecule has 1 aromatic heterocycles. The molecule has 0 saturated heterocycles. The van der Waals surface area contributed by atoms with E-state index in [0.29, 0.717) is 42.6 Å². The molecule has 0 aliphatic carbocycles. The van der Waals surface area contributed by atoms with Crippen LogP contribution in [0.15, 0.2) is 39.7 Å². The lowest BCUT2D eigenvalue weighted by atomic mass is 10.1. The third kappa shape index (κ3) is 5.77. The van der Waals surface area contributed by atoms with Crippen LogP contribution in [0.3, 0.4) is 0 Å². The first-order valence-corrected chi connectivity index (χ1v) is 8.53. The zero-order chi connectivity index (χ0) is 20.7. The van der Waals surface area contributed by atoms with Gasteiger partial charge in [-0.15, -0.1) is 0 Å². The Morgan fingerprint density at radius 2 is 1.89 bits per heavy atom. The number of halogens is 3. The first-order chi connectivity index (χ1) is 13.2. The molecule has 6 nitrogen and oxygen atoms in total. The maximum atomic E-state index is 12.6. The molecular weight excluding hydrogens is 375 g/mol. The first kappa shape index (κ1) is 21.3. The summed E-state index contributed by atoms with van der Waals surface area (Å²) in [5, 5.41) is 6.11. The topological polar surface area (TPSA) is 75.9 Å². The highest BCUT2D eigenvalue weighted by molar-refractivity contribution is 5.90. The van der Waals surface area contributed by atoms with E-state index in [1.807, 2.05) is 0 Å². The zero-order valence-corrected chi connectivity index (χ0v) is 15.8. The predicted molar refractivity (Wildman–Crippen MR) is 98.1 cm³/mol. The minimum atomic E-state index is -4.33. The van der Waals surface area contributed by atoms with E-state index >= 15 is 0 Å². The molecule has 0 aliphatic rings. The minimum absolute atomic E-state index is 0.303. The quantitative estimate of drug-likeness (QED) is 0.444. The van der Waals surface area contributed by atoms with E-state index in [0.717, 1.165) is 17.7 Å². The van der Waals surface area contributed by atoms with Crippen LogP contribution in [0.1, 0.15) is 33.0 Å². The van der Waals surface area contributed by atoms with Crippen molar-refractivity contribution in [2.45, 2.75) is 26.1 Å². The average molecular weight is 397 g/mol. The number of rotatable bonds is 6. The molecule has 0 aliphatic heterocycles. The Bertz CT molecular complexity index is 827. The lowest BCUT2D eigenvalue weighted by Crippen LogP contribution is -2.37. The molecule has 152 valence electrons. The van der Waals surface area contributed by atoms with E-state index in [1.165, 1.54) is 19.2 Å². The normalized spacial score (nSPS) is 12.0. The molecule has 0 fully saturated rings. The molecule has 2 rings (SSSR count). The number of carbonyl (C=O) groups is 1.